The van der Waals surface area contributed by atoms with E-state index in [1.807, 2.05) is 12.1 Å². The molecule has 0 saturated heterocycles. The van der Waals surface area contributed by atoms with Crippen molar-refractivity contribution in [2.75, 3.05) is 11.9 Å². The number of para-hydroxylation sites is 1. The number of carbonyl (C=O) groups excluding carboxylic acids is 1. The highest BCUT2D eigenvalue weighted by atomic mass is 19.4. The van der Waals surface area contributed by atoms with Gasteiger partial charge in [-0.15, -0.1) is 0 Å². The summed E-state index contributed by atoms with van der Waals surface area (Å²) in [5, 5.41) is 13.4. The quantitative estimate of drug-likeness (QED) is 0.578. The summed E-state index contributed by atoms with van der Waals surface area (Å²) in [6.45, 7) is 1.12. The number of hydrogen-bond donors (Lipinski definition) is 3. The van der Waals surface area contributed by atoms with Gasteiger partial charge in [-0.05, 0) is 61.6 Å². The van der Waals surface area contributed by atoms with E-state index in [-0.39, 0.29) is 11.6 Å². The lowest BCUT2D eigenvalue weighted by Gasteiger charge is -2.08. The molecule has 0 radical (unpaired) electrons. The SMILES string of the molecule is O=C(Nc1ccccc1F)c1cccc(C2CC2NCC2CC2)c1.O=C(O)C(F)(F)F. The standard InChI is InChI=1S/C20H21FN2O.C2HF3O2/c21-17-6-1-2-7-18(17)23-20(24)15-5-3-4-14(10-15)16-11-19(16)22-12-13-8-9-13;3-2(4,5)1(6)7/h1-7,10,13,16,19,22H,8-9,11-12H2,(H,23,24);(H,6,7). The van der Waals surface area contributed by atoms with E-state index in [1.165, 1.54) is 24.5 Å². The number of anilines is 1. The fourth-order valence-corrected chi connectivity index (χ4v) is 3.10. The molecule has 3 N–H and O–H groups in total. The van der Waals surface area contributed by atoms with Crippen molar-refractivity contribution in [2.45, 2.75) is 37.4 Å². The first kappa shape index (κ1) is 22.7. The molecule has 0 bridgehead atoms. The number of carbonyl (C=O) groups is 2. The molecule has 2 unspecified atom stereocenters. The third-order valence-electron chi connectivity index (χ3n) is 5.10. The van der Waals surface area contributed by atoms with E-state index in [1.54, 1.807) is 24.3 Å². The Bertz CT molecular complexity index is 944. The molecule has 2 aromatic carbocycles. The van der Waals surface area contributed by atoms with Crippen molar-refractivity contribution in [1.82, 2.24) is 5.32 Å². The van der Waals surface area contributed by atoms with Crippen molar-refractivity contribution in [3.8, 4) is 0 Å². The van der Waals surface area contributed by atoms with Gasteiger partial charge in [0.2, 0.25) is 0 Å². The number of nitrogens with one attached hydrogen (secondary N) is 2. The molecule has 31 heavy (non-hydrogen) atoms. The fourth-order valence-electron chi connectivity index (χ4n) is 3.10. The zero-order valence-electron chi connectivity index (χ0n) is 16.5. The van der Waals surface area contributed by atoms with Crippen LogP contribution in [0.25, 0.3) is 0 Å². The largest absolute Gasteiger partial charge is 0.490 e. The average molecular weight is 438 g/mol. The van der Waals surface area contributed by atoms with Crippen LogP contribution in [-0.4, -0.2) is 35.7 Å². The molecular formula is C22H22F4N2O3. The van der Waals surface area contributed by atoms with E-state index in [9.17, 15) is 22.4 Å². The van der Waals surface area contributed by atoms with E-state index in [2.05, 4.69) is 16.7 Å². The van der Waals surface area contributed by atoms with Gasteiger partial charge < -0.3 is 15.7 Å². The topological polar surface area (TPSA) is 78.4 Å². The molecule has 166 valence electrons. The highest BCUT2D eigenvalue weighted by Crippen LogP contribution is 2.41. The Balaban J connectivity index is 0.000000339. The molecule has 9 heteroatoms. The summed E-state index contributed by atoms with van der Waals surface area (Å²) in [5.74, 6) is -2.08. The van der Waals surface area contributed by atoms with Crippen LogP contribution in [0.5, 0.6) is 0 Å². The van der Waals surface area contributed by atoms with E-state index in [4.69, 9.17) is 9.90 Å². The molecule has 2 aromatic rings. The number of aliphatic carboxylic acids is 1. The Morgan fingerprint density at radius 1 is 1.06 bits per heavy atom. The van der Waals surface area contributed by atoms with Gasteiger partial charge in [0.25, 0.3) is 5.91 Å². The van der Waals surface area contributed by atoms with Gasteiger partial charge in [0.05, 0.1) is 5.69 Å². The predicted molar refractivity (Wildman–Crippen MR) is 106 cm³/mol. The van der Waals surface area contributed by atoms with Gasteiger partial charge in [-0.25, -0.2) is 9.18 Å². The summed E-state index contributed by atoms with van der Waals surface area (Å²) < 4.78 is 45.4. The smallest absolute Gasteiger partial charge is 0.475 e. The summed E-state index contributed by atoms with van der Waals surface area (Å²) in [6, 6.07) is 14.4. The number of halogens is 4. The second-order valence-electron chi connectivity index (χ2n) is 7.66. The molecule has 5 nitrogen and oxygen atoms in total. The molecule has 2 saturated carbocycles. The summed E-state index contributed by atoms with van der Waals surface area (Å²) in [6.07, 6.45) is -1.24. The van der Waals surface area contributed by atoms with Crippen LogP contribution in [0.4, 0.5) is 23.2 Å². The second-order valence-corrected chi connectivity index (χ2v) is 7.66. The Hall–Kier alpha value is -2.94. The molecule has 0 spiro atoms. The van der Waals surface area contributed by atoms with Crippen molar-refractivity contribution in [1.29, 1.82) is 0 Å². The first-order chi connectivity index (χ1) is 14.6. The number of benzene rings is 2. The second kappa shape index (κ2) is 9.47. The minimum atomic E-state index is -5.08. The summed E-state index contributed by atoms with van der Waals surface area (Å²) in [5.41, 5.74) is 1.97. The minimum absolute atomic E-state index is 0.211. The molecule has 0 aliphatic heterocycles. The van der Waals surface area contributed by atoms with Crippen molar-refractivity contribution in [2.24, 2.45) is 5.92 Å². The number of carboxylic acid groups (broad SMARTS) is 1. The van der Waals surface area contributed by atoms with E-state index in [0.717, 1.165) is 18.9 Å². The maximum Gasteiger partial charge on any atom is 0.490 e. The van der Waals surface area contributed by atoms with Gasteiger partial charge in [-0.1, -0.05) is 24.3 Å². The van der Waals surface area contributed by atoms with Crippen LogP contribution in [0, 0.1) is 11.7 Å². The van der Waals surface area contributed by atoms with E-state index >= 15 is 0 Å². The Morgan fingerprint density at radius 2 is 1.74 bits per heavy atom. The Labute approximate surface area is 176 Å². The number of carboxylic acids is 1. The number of hydrogen-bond acceptors (Lipinski definition) is 3. The number of amides is 1. The molecule has 2 atom stereocenters. The summed E-state index contributed by atoms with van der Waals surface area (Å²) in [7, 11) is 0. The lowest BCUT2D eigenvalue weighted by Crippen LogP contribution is -2.21. The molecule has 4 rings (SSSR count). The van der Waals surface area contributed by atoms with Crippen molar-refractivity contribution in [3.63, 3.8) is 0 Å². The maximum atomic E-state index is 13.7. The van der Waals surface area contributed by atoms with Crippen molar-refractivity contribution < 1.29 is 32.3 Å². The normalized spacial score (nSPS) is 19.7. The van der Waals surface area contributed by atoms with Gasteiger partial charge in [0.1, 0.15) is 5.82 Å². The van der Waals surface area contributed by atoms with Gasteiger partial charge in [0.15, 0.2) is 0 Å². The third kappa shape index (κ3) is 6.78. The molecule has 1 amide bonds. The van der Waals surface area contributed by atoms with Crippen LogP contribution < -0.4 is 10.6 Å². The van der Waals surface area contributed by atoms with Crippen molar-refractivity contribution >= 4 is 17.6 Å². The Morgan fingerprint density at radius 3 is 2.35 bits per heavy atom. The zero-order valence-corrected chi connectivity index (χ0v) is 16.5. The van der Waals surface area contributed by atoms with Gasteiger partial charge in [0, 0.05) is 17.5 Å². The van der Waals surface area contributed by atoms with Gasteiger partial charge >= 0.3 is 12.1 Å². The van der Waals surface area contributed by atoms with E-state index < -0.39 is 18.0 Å². The summed E-state index contributed by atoms with van der Waals surface area (Å²) >= 11 is 0. The highest BCUT2D eigenvalue weighted by Gasteiger charge is 2.39. The van der Waals surface area contributed by atoms with Gasteiger partial charge in [-0.2, -0.15) is 13.2 Å². The van der Waals surface area contributed by atoms with E-state index in [0.29, 0.717) is 17.5 Å². The number of rotatable bonds is 6. The lowest BCUT2D eigenvalue weighted by molar-refractivity contribution is -0.192. The van der Waals surface area contributed by atoms with Crippen LogP contribution in [0.1, 0.15) is 41.1 Å². The van der Waals surface area contributed by atoms with Gasteiger partial charge in [-0.3, -0.25) is 4.79 Å². The first-order valence-electron chi connectivity index (χ1n) is 9.84. The van der Waals surface area contributed by atoms with Crippen LogP contribution in [0.3, 0.4) is 0 Å². The predicted octanol–water partition coefficient (Wildman–Crippen LogP) is 4.57. The minimum Gasteiger partial charge on any atom is -0.475 e. The molecule has 2 fully saturated rings. The highest BCUT2D eigenvalue weighted by molar-refractivity contribution is 6.04. The first-order valence-corrected chi connectivity index (χ1v) is 9.84. The summed E-state index contributed by atoms with van der Waals surface area (Å²) in [4.78, 5) is 21.3. The Kier molecular flexibility index (Phi) is 6.94. The average Bonchev–Trinajstić information content (AvgIpc) is 3.62. The number of alkyl halides is 3. The molecule has 2 aliphatic rings. The van der Waals surface area contributed by atoms with Crippen LogP contribution >= 0.6 is 0 Å². The molecular weight excluding hydrogens is 416 g/mol. The van der Waals surface area contributed by atoms with Crippen LogP contribution in [0.15, 0.2) is 48.5 Å². The monoisotopic (exact) mass is 438 g/mol. The zero-order chi connectivity index (χ0) is 22.6. The molecule has 0 aromatic heterocycles. The molecule has 0 heterocycles. The third-order valence-corrected chi connectivity index (χ3v) is 5.10. The molecule has 2 aliphatic carbocycles. The maximum absolute atomic E-state index is 13.7. The fraction of sp³-hybridized carbons (Fsp3) is 0.364. The van der Waals surface area contributed by atoms with Crippen LogP contribution in [-0.2, 0) is 4.79 Å². The van der Waals surface area contributed by atoms with Crippen molar-refractivity contribution in [3.05, 3.63) is 65.5 Å². The van der Waals surface area contributed by atoms with Crippen LogP contribution in [0.2, 0.25) is 0 Å². The lowest BCUT2D eigenvalue weighted by atomic mass is 10.1.